The zero-order valence-corrected chi connectivity index (χ0v) is 19.5. The van der Waals surface area contributed by atoms with E-state index in [0.717, 1.165) is 0 Å². The van der Waals surface area contributed by atoms with Crippen LogP contribution in [-0.2, 0) is 28.7 Å². The summed E-state index contributed by atoms with van der Waals surface area (Å²) in [5.41, 5.74) is -3.31. The van der Waals surface area contributed by atoms with E-state index in [0.29, 0.717) is 32.1 Å². The molecule has 3 aliphatic carbocycles. The van der Waals surface area contributed by atoms with Gasteiger partial charge in [-0.15, -0.1) is 0 Å². The summed E-state index contributed by atoms with van der Waals surface area (Å²) in [6, 6.07) is 0. The van der Waals surface area contributed by atoms with Gasteiger partial charge in [0, 0.05) is 36.5 Å². The summed E-state index contributed by atoms with van der Waals surface area (Å²) in [4.78, 5) is 48.7. The Hall–Kier alpha value is -1.80. The maximum absolute atomic E-state index is 13.0. The van der Waals surface area contributed by atoms with E-state index in [1.54, 1.807) is 0 Å². The lowest BCUT2D eigenvalue weighted by Crippen LogP contribution is -2.62. The van der Waals surface area contributed by atoms with Crippen LogP contribution in [0.2, 0.25) is 0 Å². The van der Waals surface area contributed by atoms with Crippen molar-refractivity contribution >= 4 is 23.5 Å². The minimum absolute atomic E-state index is 0.0138. The van der Waals surface area contributed by atoms with Crippen LogP contribution in [-0.4, -0.2) is 59.1 Å². The van der Waals surface area contributed by atoms with Gasteiger partial charge in [0.1, 0.15) is 11.4 Å². The van der Waals surface area contributed by atoms with Crippen LogP contribution in [0.1, 0.15) is 72.1 Å². The number of carbonyl (C=O) groups excluding carboxylic acids is 4. The molecule has 0 aromatic carbocycles. The van der Waals surface area contributed by atoms with Gasteiger partial charge in [0.2, 0.25) is 5.78 Å². The summed E-state index contributed by atoms with van der Waals surface area (Å²) in [7, 11) is 1.33. The number of aliphatic hydroxyl groups excluding tert-OH is 1. The summed E-state index contributed by atoms with van der Waals surface area (Å²) in [5.74, 6) is -1.67. The standard InChI is InChI=1S/C24H36O8/c1-14(25)32-13-19(28)24(30)11-9-16-15-7-8-18(27)22(2,10-5-6-20(29)31-4)21(15)17(26)12-23(16,24)3/h15-17,21,26,30H,5-13H2,1-4H3/t15-,16-,17-,21+,22-,23-,24-/m0/s1. The van der Waals surface area contributed by atoms with Crippen LogP contribution in [0.5, 0.6) is 0 Å². The number of aliphatic hydroxyl groups is 2. The van der Waals surface area contributed by atoms with Crippen LogP contribution in [0.15, 0.2) is 0 Å². The van der Waals surface area contributed by atoms with E-state index in [-0.39, 0.29) is 48.8 Å². The molecule has 32 heavy (non-hydrogen) atoms. The van der Waals surface area contributed by atoms with Crippen molar-refractivity contribution in [1.29, 1.82) is 0 Å². The van der Waals surface area contributed by atoms with Gasteiger partial charge in [0.25, 0.3) is 0 Å². The third kappa shape index (κ3) is 3.89. The Kier molecular flexibility index (Phi) is 6.87. The number of ether oxygens (including phenoxy) is 2. The molecule has 0 amide bonds. The Balaban J connectivity index is 1.85. The van der Waals surface area contributed by atoms with Gasteiger partial charge >= 0.3 is 11.9 Å². The van der Waals surface area contributed by atoms with Gasteiger partial charge in [-0.1, -0.05) is 13.8 Å². The van der Waals surface area contributed by atoms with Crippen molar-refractivity contribution in [2.24, 2.45) is 28.6 Å². The Morgan fingerprint density at radius 1 is 1.19 bits per heavy atom. The fraction of sp³-hybridized carbons (Fsp3) is 0.833. The molecular formula is C24H36O8. The van der Waals surface area contributed by atoms with Gasteiger partial charge in [-0.05, 0) is 50.4 Å². The van der Waals surface area contributed by atoms with E-state index in [2.05, 4.69) is 0 Å². The highest BCUT2D eigenvalue weighted by atomic mass is 16.5. The highest BCUT2D eigenvalue weighted by Gasteiger charge is 2.68. The zero-order valence-electron chi connectivity index (χ0n) is 19.5. The second kappa shape index (κ2) is 8.86. The molecule has 0 spiro atoms. The predicted octanol–water partition coefficient (Wildman–Crippen LogP) is 1.98. The van der Waals surface area contributed by atoms with Gasteiger partial charge in [0.15, 0.2) is 6.61 Å². The van der Waals surface area contributed by atoms with Crippen LogP contribution in [0.25, 0.3) is 0 Å². The molecule has 0 saturated heterocycles. The van der Waals surface area contributed by atoms with Crippen molar-refractivity contribution in [3.05, 3.63) is 0 Å². The largest absolute Gasteiger partial charge is 0.469 e. The molecule has 3 fully saturated rings. The van der Waals surface area contributed by atoms with E-state index >= 15 is 0 Å². The van der Waals surface area contributed by atoms with Crippen molar-refractivity contribution in [1.82, 2.24) is 0 Å². The molecule has 7 atom stereocenters. The van der Waals surface area contributed by atoms with Gasteiger partial charge in [0.05, 0.1) is 13.2 Å². The molecule has 0 radical (unpaired) electrons. The number of hydrogen-bond donors (Lipinski definition) is 2. The lowest BCUT2D eigenvalue weighted by Gasteiger charge is -2.58. The molecule has 0 heterocycles. The summed E-state index contributed by atoms with van der Waals surface area (Å²) < 4.78 is 9.58. The first-order valence-electron chi connectivity index (χ1n) is 11.6. The third-order valence-electron chi connectivity index (χ3n) is 8.86. The molecule has 0 aromatic heterocycles. The monoisotopic (exact) mass is 452 g/mol. The summed E-state index contributed by atoms with van der Waals surface area (Å²) in [6.07, 6.45) is 2.39. The molecule has 3 saturated carbocycles. The smallest absolute Gasteiger partial charge is 0.305 e. The molecule has 0 unspecified atom stereocenters. The SMILES string of the molecule is COC(=O)CCC[C@@]1(C)C(=O)CC[C@@H]2[C@@H]1[C@@H](O)C[C@@]1(C)[C@H]2CC[C@]1(O)C(=O)COC(C)=O. The van der Waals surface area contributed by atoms with Gasteiger partial charge < -0.3 is 19.7 Å². The number of methoxy groups -OCH3 is 1. The van der Waals surface area contributed by atoms with Crippen molar-refractivity contribution in [2.45, 2.75) is 83.8 Å². The molecule has 180 valence electrons. The lowest BCUT2D eigenvalue weighted by atomic mass is 9.46. The molecule has 0 aromatic rings. The summed E-state index contributed by atoms with van der Waals surface area (Å²) in [5, 5.41) is 22.8. The fourth-order valence-corrected chi connectivity index (χ4v) is 7.18. The molecule has 2 N–H and O–H groups in total. The number of hydrogen-bond acceptors (Lipinski definition) is 8. The Bertz CT molecular complexity index is 793. The Labute approximate surface area is 189 Å². The third-order valence-corrected chi connectivity index (χ3v) is 8.86. The number of ketones is 2. The molecular weight excluding hydrogens is 416 g/mol. The van der Waals surface area contributed by atoms with Crippen LogP contribution in [0.4, 0.5) is 0 Å². The molecule has 8 nitrogen and oxygen atoms in total. The second-order valence-corrected chi connectivity index (χ2v) is 10.4. The maximum Gasteiger partial charge on any atom is 0.305 e. The Morgan fingerprint density at radius 3 is 2.50 bits per heavy atom. The summed E-state index contributed by atoms with van der Waals surface area (Å²) >= 11 is 0. The first kappa shape index (κ1) is 24.8. The van der Waals surface area contributed by atoms with Crippen LogP contribution in [0.3, 0.4) is 0 Å². The van der Waals surface area contributed by atoms with Crippen molar-refractivity contribution < 1.29 is 38.9 Å². The lowest BCUT2D eigenvalue weighted by molar-refractivity contribution is -0.190. The average Bonchev–Trinajstić information content (AvgIpc) is 3.00. The summed E-state index contributed by atoms with van der Waals surface area (Å²) in [6.45, 7) is 4.47. The quantitative estimate of drug-likeness (QED) is 0.561. The highest BCUT2D eigenvalue weighted by Crippen LogP contribution is 2.65. The van der Waals surface area contributed by atoms with Crippen molar-refractivity contribution in [3.8, 4) is 0 Å². The second-order valence-electron chi connectivity index (χ2n) is 10.4. The van der Waals surface area contributed by atoms with Crippen molar-refractivity contribution in [2.75, 3.05) is 13.7 Å². The van der Waals surface area contributed by atoms with E-state index in [9.17, 15) is 29.4 Å². The molecule has 3 rings (SSSR count). The van der Waals surface area contributed by atoms with E-state index in [1.807, 2.05) is 13.8 Å². The number of fused-ring (bicyclic) bond motifs is 3. The Morgan fingerprint density at radius 2 is 1.88 bits per heavy atom. The topological polar surface area (TPSA) is 127 Å². The van der Waals surface area contributed by atoms with E-state index in [4.69, 9.17) is 9.47 Å². The number of carbonyl (C=O) groups is 4. The number of rotatable bonds is 7. The van der Waals surface area contributed by atoms with Crippen LogP contribution >= 0.6 is 0 Å². The van der Waals surface area contributed by atoms with Crippen LogP contribution < -0.4 is 0 Å². The molecule has 0 bridgehead atoms. The molecule has 0 aliphatic heterocycles. The zero-order chi connectivity index (χ0) is 23.9. The number of Topliss-reactive ketones (excluding diaryl/α,β-unsaturated/α-hetero) is 2. The predicted molar refractivity (Wildman–Crippen MR) is 113 cm³/mol. The first-order chi connectivity index (χ1) is 14.9. The maximum atomic E-state index is 13.0. The normalized spacial score (nSPS) is 40.9. The molecule has 8 heteroatoms. The average molecular weight is 453 g/mol. The van der Waals surface area contributed by atoms with Crippen LogP contribution in [0, 0.1) is 28.6 Å². The fourth-order valence-electron chi connectivity index (χ4n) is 7.18. The van der Waals surface area contributed by atoms with Gasteiger partial charge in [-0.3, -0.25) is 19.2 Å². The minimum Gasteiger partial charge on any atom is -0.469 e. The highest BCUT2D eigenvalue weighted by molar-refractivity contribution is 5.91. The van der Waals surface area contributed by atoms with E-state index < -0.39 is 40.9 Å². The number of esters is 2. The minimum atomic E-state index is -1.68. The first-order valence-corrected chi connectivity index (χ1v) is 11.6. The van der Waals surface area contributed by atoms with Gasteiger partial charge in [-0.2, -0.15) is 0 Å². The molecule has 3 aliphatic rings. The van der Waals surface area contributed by atoms with Gasteiger partial charge in [-0.25, -0.2) is 0 Å². The van der Waals surface area contributed by atoms with Crippen molar-refractivity contribution in [3.63, 3.8) is 0 Å². The van der Waals surface area contributed by atoms with E-state index in [1.165, 1.54) is 14.0 Å².